The Kier molecular flexibility index (Phi) is 8.34. The van der Waals surface area contributed by atoms with Crippen LogP contribution in [0.4, 0.5) is 4.79 Å². The van der Waals surface area contributed by atoms with Crippen molar-refractivity contribution in [3.8, 4) is 11.8 Å². The SMILES string of the molecule is N#Cc1ccccc1COc1c(I)cc(/C=C2\SC(=O)N(Cc3ccc(Br)cc3)C2=O)cc1I. The van der Waals surface area contributed by atoms with Crippen molar-refractivity contribution in [2.24, 2.45) is 0 Å². The van der Waals surface area contributed by atoms with E-state index >= 15 is 0 Å². The Morgan fingerprint density at radius 3 is 2.41 bits per heavy atom. The Morgan fingerprint density at radius 2 is 1.74 bits per heavy atom. The fourth-order valence-electron chi connectivity index (χ4n) is 3.27. The van der Waals surface area contributed by atoms with Crippen LogP contribution in [0.15, 0.2) is 70.0 Å². The molecule has 9 heteroatoms. The van der Waals surface area contributed by atoms with E-state index in [9.17, 15) is 14.9 Å². The number of ether oxygens (including phenoxy) is 1. The molecule has 1 saturated heterocycles. The van der Waals surface area contributed by atoms with E-state index in [0.717, 1.165) is 45.8 Å². The van der Waals surface area contributed by atoms with Gasteiger partial charge in [0.25, 0.3) is 11.1 Å². The van der Waals surface area contributed by atoms with Crippen molar-refractivity contribution >= 4 is 90.1 Å². The predicted molar refractivity (Wildman–Crippen MR) is 153 cm³/mol. The lowest BCUT2D eigenvalue weighted by Crippen LogP contribution is -2.27. The Morgan fingerprint density at radius 1 is 1.06 bits per heavy atom. The van der Waals surface area contributed by atoms with Crippen molar-refractivity contribution in [2.75, 3.05) is 0 Å². The average Bonchev–Trinajstić information content (AvgIpc) is 3.07. The summed E-state index contributed by atoms with van der Waals surface area (Å²) in [6, 6.07) is 20.9. The van der Waals surface area contributed by atoms with E-state index in [-0.39, 0.29) is 24.3 Å². The van der Waals surface area contributed by atoms with Crippen LogP contribution < -0.4 is 4.74 Å². The van der Waals surface area contributed by atoms with Crippen LogP contribution >= 0.6 is 72.9 Å². The molecule has 0 radical (unpaired) electrons. The van der Waals surface area contributed by atoms with Crippen molar-refractivity contribution in [3.63, 3.8) is 0 Å². The zero-order valence-corrected chi connectivity index (χ0v) is 24.1. The second kappa shape index (κ2) is 11.2. The first-order valence-electron chi connectivity index (χ1n) is 9.95. The maximum atomic E-state index is 12.9. The molecule has 0 N–H and O–H groups in total. The lowest BCUT2D eigenvalue weighted by molar-refractivity contribution is -0.123. The fourth-order valence-corrected chi connectivity index (χ4v) is 6.50. The summed E-state index contributed by atoms with van der Waals surface area (Å²) in [6.45, 7) is 0.519. The Balaban J connectivity index is 1.51. The highest BCUT2D eigenvalue weighted by atomic mass is 127. The van der Waals surface area contributed by atoms with Crippen LogP contribution in [0, 0.1) is 18.5 Å². The number of imide groups is 1. The number of carbonyl (C=O) groups excluding carboxylic acids is 2. The van der Waals surface area contributed by atoms with Gasteiger partial charge in [-0.3, -0.25) is 14.5 Å². The third kappa shape index (κ3) is 5.84. The predicted octanol–water partition coefficient (Wildman–Crippen LogP) is 7.35. The summed E-state index contributed by atoms with van der Waals surface area (Å²) in [6.07, 6.45) is 1.74. The largest absolute Gasteiger partial charge is 0.487 e. The van der Waals surface area contributed by atoms with E-state index in [1.54, 1.807) is 12.1 Å². The molecule has 2 amide bonds. The summed E-state index contributed by atoms with van der Waals surface area (Å²) in [5.41, 5.74) is 3.10. The van der Waals surface area contributed by atoms with E-state index in [4.69, 9.17) is 4.74 Å². The number of carbonyl (C=O) groups is 2. The molecule has 3 aromatic carbocycles. The molecule has 0 unspecified atom stereocenters. The molecule has 1 aliphatic rings. The molecule has 1 fully saturated rings. The van der Waals surface area contributed by atoms with Crippen molar-refractivity contribution in [1.29, 1.82) is 5.26 Å². The number of thioether (sulfide) groups is 1. The molecule has 0 spiro atoms. The molecule has 0 aromatic heterocycles. The molecule has 1 heterocycles. The quantitative estimate of drug-likeness (QED) is 0.195. The van der Waals surface area contributed by atoms with Crippen LogP contribution in [0.1, 0.15) is 22.3 Å². The fraction of sp³-hybridized carbons (Fsp3) is 0.0800. The Bertz CT molecular complexity index is 1330. The van der Waals surface area contributed by atoms with Gasteiger partial charge in [0.15, 0.2) is 0 Å². The minimum Gasteiger partial charge on any atom is -0.487 e. The van der Waals surface area contributed by atoms with Crippen molar-refractivity contribution in [3.05, 3.63) is 99.4 Å². The van der Waals surface area contributed by atoms with Crippen LogP contribution in [0.25, 0.3) is 6.08 Å². The van der Waals surface area contributed by atoms with E-state index < -0.39 is 0 Å². The molecule has 5 nitrogen and oxygen atoms in total. The number of nitrogens with zero attached hydrogens (tertiary/aromatic N) is 2. The maximum absolute atomic E-state index is 12.9. The highest BCUT2D eigenvalue weighted by Crippen LogP contribution is 2.36. The highest BCUT2D eigenvalue weighted by molar-refractivity contribution is 14.1. The first-order valence-corrected chi connectivity index (χ1v) is 13.7. The number of amides is 2. The second-order valence-electron chi connectivity index (χ2n) is 7.27. The van der Waals surface area contributed by atoms with Crippen LogP contribution in [-0.4, -0.2) is 16.0 Å². The third-order valence-electron chi connectivity index (χ3n) is 4.96. The first kappa shape index (κ1) is 25.2. The lowest BCUT2D eigenvalue weighted by atomic mass is 10.1. The van der Waals surface area contributed by atoms with Gasteiger partial charge in [-0.15, -0.1) is 0 Å². The molecule has 0 saturated carbocycles. The van der Waals surface area contributed by atoms with Crippen molar-refractivity contribution in [1.82, 2.24) is 4.90 Å². The van der Waals surface area contributed by atoms with Gasteiger partial charge in [-0.1, -0.05) is 46.3 Å². The van der Waals surface area contributed by atoms with Crippen LogP contribution in [0.3, 0.4) is 0 Å². The second-order valence-corrected chi connectivity index (χ2v) is 11.5. The summed E-state index contributed by atoms with van der Waals surface area (Å²) in [7, 11) is 0. The summed E-state index contributed by atoms with van der Waals surface area (Å²) >= 11 is 8.72. The van der Waals surface area contributed by atoms with Gasteiger partial charge in [0, 0.05) is 10.0 Å². The van der Waals surface area contributed by atoms with Gasteiger partial charge >= 0.3 is 0 Å². The molecule has 1 aliphatic heterocycles. The summed E-state index contributed by atoms with van der Waals surface area (Å²) < 4.78 is 8.72. The molecule has 0 aliphatic carbocycles. The van der Waals surface area contributed by atoms with Crippen molar-refractivity contribution in [2.45, 2.75) is 13.2 Å². The number of nitriles is 1. The lowest BCUT2D eigenvalue weighted by Gasteiger charge is -2.13. The van der Waals surface area contributed by atoms with Gasteiger partial charge in [-0.25, -0.2) is 0 Å². The number of hydrogen-bond donors (Lipinski definition) is 0. The van der Waals surface area contributed by atoms with Crippen LogP contribution in [-0.2, 0) is 17.9 Å². The van der Waals surface area contributed by atoms with Crippen LogP contribution in [0.2, 0.25) is 0 Å². The number of halogens is 3. The first-order chi connectivity index (χ1) is 16.4. The minimum atomic E-state index is -0.295. The maximum Gasteiger partial charge on any atom is 0.293 e. The summed E-state index contributed by atoms with van der Waals surface area (Å²) in [5, 5.41) is 9.00. The molecule has 0 atom stereocenters. The van der Waals surface area contributed by atoms with Gasteiger partial charge in [0.1, 0.15) is 12.4 Å². The van der Waals surface area contributed by atoms with Crippen LogP contribution in [0.5, 0.6) is 5.75 Å². The Hall–Kier alpha value is -1.88. The van der Waals surface area contributed by atoms with Gasteiger partial charge in [-0.2, -0.15) is 5.26 Å². The number of hydrogen-bond acceptors (Lipinski definition) is 5. The highest BCUT2D eigenvalue weighted by Gasteiger charge is 2.35. The zero-order valence-electron chi connectivity index (χ0n) is 17.4. The van der Waals surface area contributed by atoms with E-state index in [0.29, 0.717) is 10.5 Å². The van der Waals surface area contributed by atoms with E-state index in [1.807, 2.05) is 54.6 Å². The van der Waals surface area contributed by atoms with Gasteiger partial charge in [0.05, 0.1) is 30.2 Å². The topological polar surface area (TPSA) is 70.4 Å². The summed E-state index contributed by atoms with van der Waals surface area (Å²) in [4.78, 5) is 27.0. The smallest absolute Gasteiger partial charge is 0.293 e. The third-order valence-corrected chi connectivity index (χ3v) is 7.99. The van der Waals surface area contributed by atoms with E-state index in [2.05, 4.69) is 67.2 Å². The monoisotopic (exact) mass is 756 g/mol. The minimum absolute atomic E-state index is 0.237. The molecule has 3 aromatic rings. The molecule has 34 heavy (non-hydrogen) atoms. The van der Waals surface area contributed by atoms with Gasteiger partial charge in [0.2, 0.25) is 0 Å². The Labute approximate surface area is 237 Å². The molecule has 170 valence electrons. The number of rotatable bonds is 6. The van der Waals surface area contributed by atoms with E-state index in [1.165, 1.54) is 4.90 Å². The van der Waals surface area contributed by atoms with Gasteiger partial charge < -0.3 is 4.74 Å². The molecular formula is C25H15BrI2N2O3S. The summed E-state index contributed by atoms with van der Waals surface area (Å²) in [5.74, 6) is 0.422. The molecule has 0 bridgehead atoms. The van der Waals surface area contributed by atoms with Crippen molar-refractivity contribution < 1.29 is 14.3 Å². The zero-order chi connectivity index (χ0) is 24.2. The van der Waals surface area contributed by atoms with Gasteiger partial charge in [-0.05, 0) is 104 Å². The standard InChI is InChI=1S/C25H15BrI2N2O3S/c26-19-7-5-15(6-8-19)13-30-24(31)22(34-25(30)32)11-16-9-20(27)23(21(28)10-16)33-14-18-4-2-1-3-17(18)12-29/h1-11H,13-14H2/b22-11-. The molecular weight excluding hydrogens is 742 g/mol. The molecule has 4 rings (SSSR count). The normalized spacial score (nSPS) is 14.5. The average molecular weight is 757 g/mol. The number of benzene rings is 3.